The zero-order valence-electron chi connectivity index (χ0n) is 14.5. The average molecular weight is 623 g/mol. The Kier molecular flexibility index (Phi) is 7.66. The van der Waals surface area contributed by atoms with Gasteiger partial charge in [-0.05, 0) is 56.1 Å². The number of nitrogens with one attached hydrogen (secondary N) is 1. The van der Waals surface area contributed by atoms with E-state index in [1.807, 2.05) is 12.1 Å². The molecule has 2 aromatic carbocycles. The number of carbonyl (C=O) groups excluding carboxylic acids is 2. The minimum atomic E-state index is -0.414. The number of thiocarbonyl (C=S) groups is 1. The molecule has 1 heterocycles. The first-order valence-corrected chi connectivity index (χ1v) is 11.8. The summed E-state index contributed by atoms with van der Waals surface area (Å²) in [5, 5.41) is 2.81. The Bertz CT molecular complexity index is 1020. The third kappa shape index (κ3) is 5.55. The van der Waals surface area contributed by atoms with E-state index >= 15 is 0 Å². The quantitative estimate of drug-likeness (QED) is 0.312. The van der Waals surface area contributed by atoms with Gasteiger partial charge in [0.15, 0.2) is 0 Å². The second-order valence-corrected chi connectivity index (χ2v) is 10.2. The highest BCUT2D eigenvalue weighted by molar-refractivity contribution is 9.11. The van der Waals surface area contributed by atoms with Crippen molar-refractivity contribution in [3.63, 3.8) is 0 Å². The van der Waals surface area contributed by atoms with Gasteiger partial charge in [-0.1, -0.05) is 58.1 Å². The monoisotopic (exact) mass is 620 g/mol. The molecule has 0 radical (unpaired) electrons. The molecule has 1 N–H and O–H groups in total. The van der Waals surface area contributed by atoms with Crippen molar-refractivity contribution < 1.29 is 14.0 Å². The SMILES string of the molecule is O=C(CCN1C(=O)/C(=C/c2ccccc2F)SC1=S)Nc1c(Br)cc(Br)cc1Br. The molecule has 1 fully saturated rings. The van der Waals surface area contributed by atoms with E-state index in [2.05, 4.69) is 53.1 Å². The van der Waals surface area contributed by atoms with Gasteiger partial charge in [-0.2, -0.15) is 0 Å². The Hall–Kier alpha value is -1.07. The number of thioether (sulfide) groups is 1. The standard InChI is InChI=1S/C19H12Br3FN2O2S2/c20-11-8-12(21)17(13(22)9-11)24-16(26)5-6-25-18(27)15(29-19(25)28)7-10-3-1-2-4-14(10)23/h1-4,7-9H,5-6H2,(H,24,26)/b15-7-. The van der Waals surface area contributed by atoms with Crippen molar-refractivity contribution in [2.75, 3.05) is 11.9 Å². The summed E-state index contributed by atoms with van der Waals surface area (Å²) in [5.41, 5.74) is 0.915. The van der Waals surface area contributed by atoms with Gasteiger partial charge < -0.3 is 5.32 Å². The molecule has 3 rings (SSSR count). The van der Waals surface area contributed by atoms with Crippen LogP contribution >= 0.6 is 71.8 Å². The number of hydrogen-bond acceptors (Lipinski definition) is 4. The minimum absolute atomic E-state index is 0.0639. The Balaban J connectivity index is 1.65. The molecule has 2 aromatic rings. The van der Waals surface area contributed by atoms with Gasteiger partial charge in [0.05, 0.1) is 10.6 Å². The number of nitrogens with zero attached hydrogens (tertiary/aromatic N) is 1. The van der Waals surface area contributed by atoms with Gasteiger partial charge in [0.1, 0.15) is 10.1 Å². The van der Waals surface area contributed by atoms with Crippen molar-refractivity contribution in [1.82, 2.24) is 4.90 Å². The van der Waals surface area contributed by atoms with Crippen LogP contribution in [0.4, 0.5) is 10.1 Å². The minimum Gasteiger partial charge on any atom is -0.324 e. The number of halogens is 4. The molecule has 150 valence electrons. The Morgan fingerprint density at radius 1 is 1.21 bits per heavy atom. The molecule has 1 saturated heterocycles. The maximum absolute atomic E-state index is 13.8. The molecule has 0 bridgehead atoms. The molecule has 1 aliphatic rings. The summed E-state index contributed by atoms with van der Waals surface area (Å²) in [6, 6.07) is 9.82. The Morgan fingerprint density at radius 3 is 2.52 bits per heavy atom. The van der Waals surface area contributed by atoms with Crippen LogP contribution in [0.5, 0.6) is 0 Å². The number of carbonyl (C=O) groups is 2. The maximum atomic E-state index is 13.8. The van der Waals surface area contributed by atoms with E-state index in [-0.39, 0.29) is 24.8 Å². The van der Waals surface area contributed by atoms with Crippen LogP contribution < -0.4 is 5.32 Å². The molecule has 0 spiro atoms. The molecular formula is C19H12Br3FN2O2S2. The number of rotatable bonds is 5. The lowest BCUT2D eigenvalue weighted by Gasteiger charge is -2.15. The first-order chi connectivity index (χ1) is 13.8. The van der Waals surface area contributed by atoms with E-state index in [1.54, 1.807) is 18.2 Å². The molecule has 0 unspecified atom stereocenters. The summed E-state index contributed by atoms with van der Waals surface area (Å²) in [6.07, 6.45) is 1.54. The summed E-state index contributed by atoms with van der Waals surface area (Å²) in [7, 11) is 0. The smallest absolute Gasteiger partial charge is 0.266 e. The highest BCUT2D eigenvalue weighted by atomic mass is 79.9. The fourth-order valence-electron chi connectivity index (χ4n) is 2.50. The van der Waals surface area contributed by atoms with Gasteiger partial charge in [0.25, 0.3) is 5.91 Å². The van der Waals surface area contributed by atoms with Gasteiger partial charge in [0.2, 0.25) is 5.91 Å². The molecule has 2 amide bonds. The highest BCUT2D eigenvalue weighted by Gasteiger charge is 2.32. The van der Waals surface area contributed by atoms with Gasteiger partial charge in [0, 0.05) is 31.9 Å². The lowest BCUT2D eigenvalue weighted by Crippen LogP contribution is -2.31. The fourth-order valence-corrected chi connectivity index (χ4v) is 6.26. The lowest BCUT2D eigenvalue weighted by molar-refractivity contribution is -0.122. The van der Waals surface area contributed by atoms with Crippen molar-refractivity contribution in [2.24, 2.45) is 0 Å². The van der Waals surface area contributed by atoms with E-state index in [4.69, 9.17) is 12.2 Å². The van der Waals surface area contributed by atoms with E-state index in [0.29, 0.717) is 29.4 Å². The van der Waals surface area contributed by atoms with Crippen LogP contribution in [-0.2, 0) is 9.59 Å². The number of amides is 2. The summed E-state index contributed by atoms with van der Waals surface area (Å²) in [4.78, 5) is 26.7. The first-order valence-electron chi connectivity index (χ1n) is 8.20. The fraction of sp³-hybridized carbons (Fsp3) is 0.105. The average Bonchev–Trinajstić information content (AvgIpc) is 2.91. The Labute approximate surface area is 201 Å². The molecule has 0 aliphatic carbocycles. The molecule has 0 saturated carbocycles. The van der Waals surface area contributed by atoms with Crippen molar-refractivity contribution in [2.45, 2.75) is 6.42 Å². The maximum Gasteiger partial charge on any atom is 0.266 e. The van der Waals surface area contributed by atoms with Crippen molar-refractivity contribution in [3.8, 4) is 0 Å². The normalized spacial score (nSPS) is 15.3. The van der Waals surface area contributed by atoms with Gasteiger partial charge in [-0.15, -0.1) is 0 Å². The summed E-state index contributed by atoms with van der Waals surface area (Å²) < 4.78 is 16.5. The molecule has 4 nitrogen and oxygen atoms in total. The van der Waals surface area contributed by atoms with Crippen LogP contribution in [0.3, 0.4) is 0 Å². The third-order valence-corrected chi connectivity index (χ3v) is 6.99. The van der Waals surface area contributed by atoms with Crippen molar-refractivity contribution in [3.05, 3.63) is 66.1 Å². The summed E-state index contributed by atoms with van der Waals surface area (Å²) in [6.45, 7) is 0.136. The van der Waals surface area contributed by atoms with E-state index in [1.165, 1.54) is 17.0 Å². The number of benzene rings is 2. The van der Waals surface area contributed by atoms with Crippen LogP contribution in [0.1, 0.15) is 12.0 Å². The van der Waals surface area contributed by atoms with Crippen LogP contribution in [0.25, 0.3) is 6.08 Å². The molecule has 0 atom stereocenters. The van der Waals surface area contributed by atoms with Gasteiger partial charge >= 0.3 is 0 Å². The van der Waals surface area contributed by atoms with Crippen LogP contribution in [0.15, 0.2) is 54.7 Å². The predicted molar refractivity (Wildman–Crippen MR) is 129 cm³/mol. The second-order valence-electron chi connectivity index (χ2n) is 5.90. The largest absolute Gasteiger partial charge is 0.324 e. The van der Waals surface area contributed by atoms with Gasteiger partial charge in [-0.25, -0.2) is 4.39 Å². The van der Waals surface area contributed by atoms with Crippen molar-refractivity contribution in [1.29, 1.82) is 0 Å². The zero-order chi connectivity index (χ0) is 21.1. The van der Waals surface area contributed by atoms with E-state index < -0.39 is 5.82 Å². The second kappa shape index (κ2) is 9.82. The predicted octanol–water partition coefficient (Wildman–Crippen LogP) is 6.34. The van der Waals surface area contributed by atoms with Crippen LogP contribution in [-0.4, -0.2) is 27.6 Å². The van der Waals surface area contributed by atoms with Crippen LogP contribution in [0, 0.1) is 5.82 Å². The molecule has 29 heavy (non-hydrogen) atoms. The molecule has 1 aliphatic heterocycles. The summed E-state index contributed by atoms with van der Waals surface area (Å²) >= 11 is 16.5. The van der Waals surface area contributed by atoms with Crippen LogP contribution in [0.2, 0.25) is 0 Å². The third-order valence-electron chi connectivity index (χ3n) is 3.90. The highest BCUT2D eigenvalue weighted by Crippen LogP contribution is 2.35. The zero-order valence-corrected chi connectivity index (χ0v) is 20.9. The number of anilines is 1. The molecule has 10 heteroatoms. The lowest BCUT2D eigenvalue weighted by atomic mass is 10.2. The van der Waals surface area contributed by atoms with E-state index in [9.17, 15) is 14.0 Å². The molecule has 0 aromatic heterocycles. The number of hydrogen-bond donors (Lipinski definition) is 1. The van der Waals surface area contributed by atoms with E-state index in [0.717, 1.165) is 16.2 Å². The van der Waals surface area contributed by atoms with Crippen molar-refractivity contribution >= 4 is 99.7 Å². The van der Waals surface area contributed by atoms with Gasteiger partial charge in [-0.3, -0.25) is 14.5 Å². The topological polar surface area (TPSA) is 49.4 Å². The molecular weight excluding hydrogens is 611 g/mol. The summed E-state index contributed by atoms with van der Waals surface area (Å²) in [5.74, 6) is -1.01. The Morgan fingerprint density at radius 2 is 1.86 bits per heavy atom. The first kappa shape index (κ1) is 22.6.